The van der Waals surface area contributed by atoms with Crippen molar-refractivity contribution in [3.05, 3.63) is 35.9 Å². The van der Waals surface area contributed by atoms with Gasteiger partial charge in [-0.25, -0.2) is 0 Å². The lowest BCUT2D eigenvalue weighted by atomic mass is 10.0. The van der Waals surface area contributed by atoms with Gasteiger partial charge in [0, 0.05) is 13.3 Å². The Hall–Kier alpha value is -3.18. The lowest BCUT2D eigenvalue weighted by Gasteiger charge is -2.20. The fourth-order valence-electron chi connectivity index (χ4n) is 2.10. The van der Waals surface area contributed by atoms with Crippen LogP contribution in [0.4, 0.5) is 0 Å². The first kappa shape index (κ1) is 20.9. The van der Waals surface area contributed by atoms with Crippen LogP contribution in [0.1, 0.15) is 25.8 Å². The number of phenolic OH excluding ortho intramolecular Hbond substituents is 1. The van der Waals surface area contributed by atoms with Gasteiger partial charge < -0.3 is 21.5 Å². The average Bonchev–Trinajstić information content (AvgIpc) is 2.59. The average molecular weight is 358 g/mol. The molecule has 5 N–H and O–H groups in total. The highest BCUT2D eigenvalue weighted by Crippen LogP contribution is 2.11. The Morgan fingerprint density at radius 1 is 1.27 bits per heavy atom. The summed E-state index contributed by atoms with van der Waals surface area (Å²) in [6.07, 6.45) is 2.73. The Morgan fingerprint density at radius 2 is 1.88 bits per heavy atom. The van der Waals surface area contributed by atoms with Gasteiger partial charge in [-0.1, -0.05) is 18.2 Å². The molecule has 0 aromatic heterocycles. The molecule has 2 amide bonds. The summed E-state index contributed by atoms with van der Waals surface area (Å²) < 4.78 is 0. The van der Waals surface area contributed by atoms with Crippen molar-refractivity contribution in [3.63, 3.8) is 0 Å². The number of aromatic hydroxyl groups is 1. The number of hydrogen-bond donors (Lipinski definition) is 4. The number of carbonyl (C=O) groups is 3. The van der Waals surface area contributed by atoms with Gasteiger partial charge >= 0.3 is 0 Å². The molecule has 0 radical (unpaired) electrons. The summed E-state index contributed by atoms with van der Waals surface area (Å²) in [5.74, 6) is -1.27. The molecule has 0 saturated carbocycles. The standard InChI is InChI=1S/C18H22N4O4/c1-11(21-12(2)23)18(26)22-16(9-14(20)10-19)17(25)8-5-13-3-6-15(24)7-4-13/h3-8,11,14,16,24H,9,20H2,1-2H3,(H,21,23)(H,22,26)/b8-5+/t11-,14?,16?/m0/s1. The lowest BCUT2D eigenvalue weighted by Crippen LogP contribution is -2.51. The highest BCUT2D eigenvalue weighted by Gasteiger charge is 2.24. The van der Waals surface area contributed by atoms with Crippen LogP contribution in [0, 0.1) is 11.3 Å². The van der Waals surface area contributed by atoms with E-state index in [-0.39, 0.29) is 18.1 Å². The highest BCUT2D eigenvalue weighted by molar-refractivity contribution is 6.00. The fourth-order valence-corrected chi connectivity index (χ4v) is 2.10. The molecule has 1 aromatic carbocycles. The number of benzene rings is 1. The van der Waals surface area contributed by atoms with Crippen LogP contribution in [0.15, 0.2) is 30.3 Å². The van der Waals surface area contributed by atoms with Gasteiger partial charge in [-0.05, 0) is 30.7 Å². The highest BCUT2D eigenvalue weighted by atomic mass is 16.3. The van der Waals surface area contributed by atoms with Crippen LogP contribution in [-0.4, -0.2) is 40.8 Å². The number of hydrogen-bond acceptors (Lipinski definition) is 6. The van der Waals surface area contributed by atoms with Gasteiger partial charge in [-0.3, -0.25) is 14.4 Å². The van der Waals surface area contributed by atoms with E-state index in [2.05, 4.69) is 10.6 Å². The zero-order valence-electron chi connectivity index (χ0n) is 14.6. The molecule has 8 nitrogen and oxygen atoms in total. The second-order valence-corrected chi connectivity index (χ2v) is 5.78. The van der Waals surface area contributed by atoms with Gasteiger partial charge in [-0.15, -0.1) is 0 Å². The molecule has 0 aliphatic carbocycles. The molecule has 8 heteroatoms. The summed E-state index contributed by atoms with van der Waals surface area (Å²) in [4.78, 5) is 35.6. The van der Waals surface area contributed by atoms with Gasteiger partial charge in [0.1, 0.15) is 11.8 Å². The first-order valence-electron chi connectivity index (χ1n) is 7.96. The Kier molecular flexibility index (Phi) is 7.99. The molecule has 0 aliphatic heterocycles. The third-order valence-corrected chi connectivity index (χ3v) is 3.46. The van der Waals surface area contributed by atoms with E-state index < -0.39 is 29.8 Å². The molecule has 0 heterocycles. The normalized spacial score (nSPS) is 14.1. The molecule has 3 atom stereocenters. The predicted octanol–water partition coefficient (Wildman–Crippen LogP) is 0.225. The molecular weight excluding hydrogens is 336 g/mol. The van der Waals surface area contributed by atoms with Crippen LogP contribution in [0.3, 0.4) is 0 Å². The molecule has 1 rings (SSSR count). The molecule has 138 valence electrons. The van der Waals surface area contributed by atoms with Crippen molar-refractivity contribution in [3.8, 4) is 11.8 Å². The number of phenols is 1. The van der Waals surface area contributed by atoms with E-state index in [0.29, 0.717) is 5.56 Å². The van der Waals surface area contributed by atoms with Crippen molar-refractivity contribution in [1.29, 1.82) is 5.26 Å². The number of carbonyl (C=O) groups excluding carboxylic acids is 3. The first-order valence-corrected chi connectivity index (χ1v) is 7.96. The van der Waals surface area contributed by atoms with Gasteiger partial charge in [0.05, 0.1) is 18.2 Å². The summed E-state index contributed by atoms with van der Waals surface area (Å²) >= 11 is 0. The Bertz CT molecular complexity index is 722. The van der Waals surface area contributed by atoms with Crippen molar-refractivity contribution >= 4 is 23.7 Å². The van der Waals surface area contributed by atoms with Gasteiger partial charge in [0.15, 0.2) is 5.78 Å². The first-order chi connectivity index (χ1) is 12.2. The van der Waals surface area contributed by atoms with Crippen LogP contribution in [-0.2, 0) is 14.4 Å². The zero-order valence-corrected chi connectivity index (χ0v) is 14.6. The largest absolute Gasteiger partial charge is 0.508 e. The minimum absolute atomic E-state index is 0.0617. The molecule has 0 fully saturated rings. The van der Waals surface area contributed by atoms with E-state index in [9.17, 15) is 19.5 Å². The summed E-state index contributed by atoms with van der Waals surface area (Å²) in [5.41, 5.74) is 6.26. The van der Waals surface area contributed by atoms with Gasteiger partial charge in [0.25, 0.3) is 0 Å². The quantitative estimate of drug-likeness (QED) is 0.489. The van der Waals surface area contributed by atoms with E-state index in [0.717, 1.165) is 0 Å². The topological polar surface area (TPSA) is 145 Å². The van der Waals surface area contributed by atoms with Crippen molar-refractivity contribution in [1.82, 2.24) is 10.6 Å². The van der Waals surface area contributed by atoms with Gasteiger partial charge in [-0.2, -0.15) is 5.26 Å². The molecule has 2 unspecified atom stereocenters. The summed E-state index contributed by atoms with van der Waals surface area (Å²) in [6.45, 7) is 2.76. The predicted molar refractivity (Wildman–Crippen MR) is 95.6 cm³/mol. The number of nitrogens with two attached hydrogens (primary N) is 1. The van der Waals surface area contributed by atoms with Crippen molar-refractivity contribution in [2.24, 2.45) is 5.73 Å². The number of ketones is 1. The summed E-state index contributed by atoms with van der Waals surface area (Å²) in [5, 5.41) is 23.0. The number of nitrogens with one attached hydrogen (secondary N) is 2. The maximum Gasteiger partial charge on any atom is 0.242 e. The zero-order chi connectivity index (χ0) is 19.7. The summed E-state index contributed by atoms with van der Waals surface area (Å²) in [7, 11) is 0. The van der Waals surface area contributed by atoms with Crippen LogP contribution in [0.5, 0.6) is 5.75 Å². The molecular formula is C18H22N4O4. The molecule has 0 spiro atoms. The van der Waals surface area contributed by atoms with E-state index in [1.54, 1.807) is 12.1 Å². The number of rotatable bonds is 8. The minimum Gasteiger partial charge on any atom is -0.508 e. The molecule has 0 bridgehead atoms. The van der Waals surface area contributed by atoms with Crippen LogP contribution in [0.2, 0.25) is 0 Å². The third-order valence-electron chi connectivity index (χ3n) is 3.46. The minimum atomic E-state index is -0.998. The second kappa shape index (κ2) is 9.96. The van der Waals surface area contributed by atoms with E-state index in [4.69, 9.17) is 11.0 Å². The van der Waals surface area contributed by atoms with Crippen LogP contribution >= 0.6 is 0 Å². The van der Waals surface area contributed by atoms with Crippen molar-refractivity contribution in [2.45, 2.75) is 38.4 Å². The third kappa shape index (κ3) is 7.15. The molecule has 26 heavy (non-hydrogen) atoms. The summed E-state index contributed by atoms with van der Waals surface area (Å²) in [6, 6.07) is 5.25. The second-order valence-electron chi connectivity index (χ2n) is 5.78. The SMILES string of the molecule is CC(=O)N[C@@H](C)C(=O)NC(CC(N)C#N)C(=O)/C=C/c1ccc(O)cc1. The monoisotopic (exact) mass is 358 g/mol. The van der Waals surface area contributed by atoms with Crippen molar-refractivity contribution in [2.75, 3.05) is 0 Å². The lowest BCUT2D eigenvalue weighted by molar-refractivity contribution is -0.129. The molecule has 0 saturated heterocycles. The van der Waals surface area contributed by atoms with Crippen molar-refractivity contribution < 1.29 is 19.5 Å². The van der Waals surface area contributed by atoms with Gasteiger partial charge in [0.2, 0.25) is 11.8 Å². The van der Waals surface area contributed by atoms with Crippen LogP contribution < -0.4 is 16.4 Å². The van der Waals surface area contributed by atoms with E-state index in [1.165, 1.54) is 38.1 Å². The number of amides is 2. The molecule has 0 aliphatic rings. The fraction of sp³-hybridized carbons (Fsp3) is 0.333. The smallest absolute Gasteiger partial charge is 0.242 e. The van der Waals surface area contributed by atoms with E-state index in [1.807, 2.05) is 6.07 Å². The number of nitriles is 1. The molecule has 1 aromatic rings. The van der Waals surface area contributed by atoms with Crippen LogP contribution in [0.25, 0.3) is 6.08 Å². The van der Waals surface area contributed by atoms with E-state index >= 15 is 0 Å². The Balaban J connectivity index is 2.85. The Labute approximate surface area is 151 Å². The number of nitrogens with zero attached hydrogens (tertiary/aromatic N) is 1. The maximum atomic E-state index is 12.4. The maximum absolute atomic E-state index is 12.4. The Morgan fingerprint density at radius 3 is 2.42 bits per heavy atom.